The number of hydrogen-bond donors (Lipinski definition) is 0. The van der Waals surface area contributed by atoms with Crippen molar-refractivity contribution in [1.29, 1.82) is 0 Å². The van der Waals surface area contributed by atoms with Gasteiger partial charge in [0.2, 0.25) is 0 Å². The summed E-state index contributed by atoms with van der Waals surface area (Å²) in [7, 11) is 3.62. The molecule has 0 atom stereocenters. The maximum atomic E-state index is 5.47. The van der Waals surface area contributed by atoms with Gasteiger partial charge in [-0.3, -0.25) is 0 Å². The van der Waals surface area contributed by atoms with E-state index in [9.17, 15) is 0 Å². The summed E-state index contributed by atoms with van der Waals surface area (Å²) < 4.78 is 10.9. The molecule has 0 aromatic rings. The zero-order chi connectivity index (χ0) is 13.9. The van der Waals surface area contributed by atoms with Crippen LogP contribution in [0.25, 0.3) is 0 Å². The first-order chi connectivity index (χ1) is 8.60. The second-order valence-electron chi connectivity index (χ2n) is 6.11. The lowest BCUT2D eigenvalue weighted by Crippen LogP contribution is -2.32. The van der Waals surface area contributed by atoms with Gasteiger partial charge < -0.3 is 9.47 Å². The highest BCUT2D eigenvalue weighted by atomic mass is 16.5. The van der Waals surface area contributed by atoms with Crippen LogP contribution in [0.4, 0.5) is 0 Å². The third-order valence-electron chi connectivity index (χ3n) is 3.70. The summed E-state index contributed by atoms with van der Waals surface area (Å²) in [4.78, 5) is 0. The van der Waals surface area contributed by atoms with E-state index in [4.69, 9.17) is 9.47 Å². The van der Waals surface area contributed by atoms with E-state index in [1.807, 2.05) is 14.2 Å². The van der Waals surface area contributed by atoms with Crippen LogP contribution in [0.1, 0.15) is 65.7 Å². The highest BCUT2D eigenvalue weighted by Crippen LogP contribution is 2.32. The minimum Gasteiger partial charge on any atom is -0.384 e. The van der Waals surface area contributed by atoms with E-state index >= 15 is 0 Å². The van der Waals surface area contributed by atoms with Crippen molar-refractivity contribution >= 4 is 0 Å². The molecule has 110 valence electrons. The summed E-state index contributed by atoms with van der Waals surface area (Å²) >= 11 is 0. The topological polar surface area (TPSA) is 18.5 Å². The number of hydrogen-bond acceptors (Lipinski definition) is 2. The van der Waals surface area contributed by atoms with E-state index < -0.39 is 0 Å². The molecule has 0 N–H and O–H groups in total. The van der Waals surface area contributed by atoms with Gasteiger partial charge in [0.1, 0.15) is 0 Å². The second kappa shape index (κ2) is 10.8. The molecule has 18 heavy (non-hydrogen) atoms. The van der Waals surface area contributed by atoms with E-state index in [1.165, 1.54) is 44.9 Å². The van der Waals surface area contributed by atoms with Crippen LogP contribution < -0.4 is 0 Å². The summed E-state index contributed by atoms with van der Waals surface area (Å²) in [5.74, 6) is 0.795. The van der Waals surface area contributed by atoms with E-state index in [2.05, 4.69) is 20.8 Å². The summed E-state index contributed by atoms with van der Waals surface area (Å²) in [6.07, 6.45) is 8.96. The Morgan fingerprint density at radius 2 is 1.44 bits per heavy atom. The fourth-order valence-corrected chi connectivity index (χ4v) is 2.70. The van der Waals surface area contributed by atoms with E-state index in [1.54, 1.807) is 0 Å². The van der Waals surface area contributed by atoms with Gasteiger partial charge in [-0.15, -0.1) is 0 Å². The van der Waals surface area contributed by atoms with Crippen LogP contribution in [0.15, 0.2) is 0 Å². The van der Waals surface area contributed by atoms with Gasteiger partial charge in [-0.2, -0.15) is 0 Å². The number of unbranched alkanes of at least 4 members (excludes halogenated alkanes) is 2. The first-order valence-electron chi connectivity index (χ1n) is 7.58. The monoisotopic (exact) mass is 258 g/mol. The molecule has 0 amide bonds. The Hall–Kier alpha value is -0.0800. The lowest BCUT2D eigenvalue weighted by Gasteiger charge is -2.33. The smallest absolute Gasteiger partial charge is 0.0540 e. The van der Waals surface area contributed by atoms with Crippen LogP contribution in [0, 0.1) is 11.3 Å². The molecule has 0 aromatic carbocycles. The molecular formula is C16H34O2. The van der Waals surface area contributed by atoms with Crippen molar-refractivity contribution < 1.29 is 9.47 Å². The predicted octanol–water partition coefficient (Wildman–Crippen LogP) is 4.67. The molecule has 2 heteroatoms. The lowest BCUT2D eigenvalue weighted by molar-refractivity contribution is -0.00482. The molecule has 0 aliphatic carbocycles. The van der Waals surface area contributed by atoms with Crippen molar-refractivity contribution in [2.24, 2.45) is 11.3 Å². The van der Waals surface area contributed by atoms with Gasteiger partial charge in [-0.1, -0.05) is 52.9 Å². The van der Waals surface area contributed by atoms with Gasteiger partial charge in [-0.05, 0) is 18.8 Å². The molecule has 0 aromatic heterocycles. The van der Waals surface area contributed by atoms with Crippen molar-refractivity contribution in [3.05, 3.63) is 0 Å². The van der Waals surface area contributed by atoms with Crippen LogP contribution in [-0.2, 0) is 9.47 Å². The fourth-order valence-electron chi connectivity index (χ4n) is 2.70. The Morgan fingerprint density at radius 1 is 0.889 bits per heavy atom. The van der Waals surface area contributed by atoms with Crippen LogP contribution in [-0.4, -0.2) is 27.4 Å². The van der Waals surface area contributed by atoms with Crippen molar-refractivity contribution in [3.63, 3.8) is 0 Å². The maximum Gasteiger partial charge on any atom is 0.0540 e. The largest absolute Gasteiger partial charge is 0.384 e. The zero-order valence-corrected chi connectivity index (χ0v) is 13.3. The van der Waals surface area contributed by atoms with Crippen molar-refractivity contribution in [2.75, 3.05) is 27.4 Å². The molecule has 0 radical (unpaired) electrons. The molecule has 0 bridgehead atoms. The van der Waals surface area contributed by atoms with Crippen LogP contribution in [0.3, 0.4) is 0 Å². The first kappa shape index (κ1) is 17.9. The molecule has 2 nitrogen and oxygen atoms in total. The van der Waals surface area contributed by atoms with Crippen molar-refractivity contribution in [3.8, 4) is 0 Å². The van der Waals surface area contributed by atoms with Gasteiger partial charge >= 0.3 is 0 Å². The van der Waals surface area contributed by atoms with Gasteiger partial charge in [0, 0.05) is 19.6 Å². The Labute approximate surface area is 114 Å². The molecule has 0 saturated heterocycles. The lowest BCUT2D eigenvalue weighted by atomic mass is 9.79. The summed E-state index contributed by atoms with van der Waals surface area (Å²) in [6.45, 7) is 8.52. The predicted molar refractivity (Wildman–Crippen MR) is 79.0 cm³/mol. The molecule has 0 aliphatic rings. The Kier molecular flexibility index (Phi) is 10.8. The highest BCUT2D eigenvalue weighted by molar-refractivity contribution is 4.79. The van der Waals surface area contributed by atoms with Crippen LogP contribution in [0.2, 0.25) is 0 Å². The van der Waals surface area contributed by atoms with Gasteiger partial charge in [0.15, 0.2) is 0 Å². The summed E-state index contributed by atoms with van der Waals surface area (Å²) in [6, 6.07) is 0. The SMILES string of the molecule is CCCCCC(CCCC(C)C)(COC)COC. The average Bonchev–Trinajstić information content (AvgIpc) is 2.29. The minimum atomic E-state index is 0.244. The normalized spacial score (nSPS) is 12.3. The third kappa shape index (κ3) is 8.10. The second-order valence-corrected chi connectivity index (χ2v) is 6.11. The number of ether oxygens (including phenoxy) is 2. The summed E-state index contributed by atoms with van der Waals surface area (Å²) in [5, 5.41) is 0. The average molecular weight is 258 g/mol. The molecular weight excluding hydrogens is 224 g/mol. The molecule has 0 saturated carbocycles. The van der Waals surface area contributed by atoms with E-state index in [0.29, 0.717) is 0 Å². The third-order valence-corrected chi connectivity index (χ3v) is 3.70. The standard InChI is InChI=1S/C16H34O2/c1-6-7-8-11-16(13-17-4,14-18-5)12-9-10-15(2)3/h15H,6-14H2,1-5H3. The van der Waals surface area contributed by atoms with E-state index in [-0.39, 0.29) is 5.41 Å². The first-order valence-corrected chi connectivity index (χ1v) is 7.58. The quantitative estimate of drug-likeness (QED) is 0.473. The molecule has 0 unspecified atom stereocenters. The summed E-state index contributed by atoms with van der Waals surface area (Å²) in [5.41, 5.74) is 0.244. The van der Waals surface area contributed by atoms with E-state index in [0.717, 1.165) is 19.1 Å². The molecule has 0 heterocycles. The minimum absolute atomic E-state index is 0.244. The molecule has 0 spiro atoms. The van der Waals surface area contributed by atoms with Crippen LogP contribution in [0.5, 0.6) is 0 Å². The van der Waals surface area contributed by atoms with Crippen LogP contribution >= 0.6 is 0 Å². The Bertz CT molecular complexity index is 172. The Morgan fingerprint density at radius 3 is 1.89 bits per heavy atom. The van der Waals surface area contributed by atoms with Gasteiger partial charge in [-0.25, -0.2) is 0 Å². The van der Waals surface area contributed by atoms with Gasteiger partial charge in [0.25, 0.3) is 0 Å². The van der Waals surface area contributed by atoms with Crippen molar-refractivity contribution in [2.45, 2.75) is 65.7 Å². The Balaban J connectivity index is 4.31. The molecule has 0 fully saturated rings. The zero-order valence-electron chi connectivity index (χ0n) is 13.3. The molecule has 0 aliphatic heterocycles. The fraction of sp³-hybridized carbons (Fsp3) is 1.00. The maximum absolute atomic E-state index is 5.47. The van der Waals surface area contributed by atoms with Gasteiger partial charge in [0.05, 0.1) is 13.2 Å². The molecule has 0 rings (SSSR count). The van der Waals surface area contributed by atoms with Crippen molar-refractivity contribution in [1.82, 2.24) is 0 Å². The highest BCUT2D eigenvalue weighted by Gasteiger charge is 2.29. The number of methoxy groups -OCH3 is 2. The number of rotatable bonds is 12.